The van der Waals surface area contributed by atoms with Crippen molar-refractivity contribution in [2.75, 3.05) is 39.3 Å². The number of para-hydroxylation sites is 1. The Morgan fingerprint density at radius 1 is 1.08 bits per heavy atom. The molecule has 0 atom stereocenters. The van der Waals surface area contributed by atoms with Crippen LogP contribution in [-0.4, -0.2) is 62.2 Å². The van der Waals surface area contributed by atoms with E-state index in [9.17, 15) is 21.6 Å². The lowest BCUT2D eigenvalue weighted by molar-refractivity contribution is -0.139. The van der Waals surface area contributed by atoms with E-state index in [2.05, 4.69) is 0 Å². The van der Waals surface area contributed by atoms with Crippen molar-refractivity contribution in [1.82, 2.24) is 9.21 Å². The predicted molar refractivity (Wildman–Crippen MR) is 91.5 cm³/mol. The average molecular weight is 392 g/mol. The Hall–Kier alpha value is -1.32. The monoisotopic (exact) mass is 392 g/mol. The predicted octanol–water partition coefficient (Wildman–Crippen LogP) is 2.58. The van der Waals surface area contributed by atoms with E-state index in [0.717, 1.165) is 18.9 Å². The molecule has 1 aromatic rings. The lowest BCUT2D eigenvalue weighted by Gasteiger charge is -2.22. The van der Waals surface area contributed by atoms with Gasteiger partial charge in [0.05, 0.1) is 10.8 Å². The normalized spacial score (nSPS) is 20.7. The lowest BCUT2D eigenvalue weighted by atomic mass is 10.2. The molecule has 26 heavy (non-hydrogen) atoms. The third kappa shape index (κ3) is 4.69. The van der Waals surface area contributed by atoms with E-state index in [0.29, 0.717) is 39.1 Å². The highest BCUT2D eigenvalue weighted by Crippen LogP contribution is 2.36. The molecular formula is C17H23F3N2O3S. The third-order valence-electron chi connectivity index (χ3n) is 4.71. The van der Waals surface area contributed by atoms with E-state index in [1.165, 1.54) is 18.2 Å². The van der Waals surface area contributed by atoms with Gasteiger partial charge in [0.2, 0.25) is 10.0 Å². The Labute approximate surface area is 151 Å². The molecule has 2 aliphatic rings. The summed E-state index contributed by atoms with van der Waals surface area (Å²) in [6, 6.07) is 5.16. The number of nitrogens with zero attached hydrogens (tertiary/aromatic N) is 2. The molecule has 1 saturated carbocycles. The zero-order valence-electron chi connectivity index (χ0n) is 14.4. The summed E-state index contributed by atoms with van der Waals surface area (Å²) in [5, 5.41) is -0.212. The number of sulfonamides is 1. The van der Waals surface area contributed by atoms with E-state index >= 15 is 0 Å². The van der Waals surface area contributed by atoms with Gasteiger partial charge in [-0.3, -0.25) is 4.90 Å². The number of ether oxygens (including phenoxy) is 1. The first-order valence-electron chi connectivity index (χ1n) is 8.79. The minimum Gasteiger partial charge on any atom is -0.492 e. The summed E-state index contributed by atoms with van der Waals surface area (Å²) in [6.45, 7) is 2.80. The van der Waals surface area contributed by atoms with Crippen LogP contribution in [0.5, 0.6) is 5.75 Å². The summed E-state index contributed by atoms with van der Waals surface area (Å²) in [6.07, 6.45) is -2.24. The molecule has 3 rings (SSSR count). The van der Waals surface area contributed by atoms with Gasteiger partial charge in [0.1, 0.15) is 12.4 Å². The fourth-order valence-electron chi connectivity index (χ4n) is 3.11. The van der Waals surface area contributed by atoms with Crippen molar-refractivity contribution in [3.8, 4) is 5.75 Å². The molecule has 1 aliphatic heterocycles. The highest BCUT2D eigenvalue weighted by atomic mass is 32.2. The van der Waals surface area contributed by atoms with Gasteiger partial charge < -0.3 is 4.74 Å². The molecule has 0 spiro atoms. The van der Waals surface area contributed by atoms with E-state index in [1.54, 1.807) is 4.31 Å². The fourth-order valence-corrected chi connectivity index (χ4v) is 4.99. The van der Waals surface area contributed by atoms with Gasteiger partial charge in [0.15, 0.2) is 0 Å². The topological polar surface area (TPSA) is 49.9 Å². The smallest absolute Gasteiger partial charge is 0.419 e. The van der Waals surface area contributed by atoms with E-state index in [4.69, 9.17) is 4.74 Å². The van der Waals surface area contributed by atoms with Crippen LogP contribution in [0.2, 0.25) is 0 Å². The molecule has 0 N–H and O–H groups in total. The van der Waals surface area contributed by atoms with Crippen molar-refractivity contribution < 1.29 is 26.3 Å². The van der Waals surface area contributed by atoms with Gasteiger partial charge in [-0.15, -0.1) is 0 Å². The van der Waals surface area contributed by atoms with Crippen LogP contribution in [-0.2, 0) is 16.2 Å². The zero-order valence-corrected chi connectivity index (χ0v) is 15.2. The van der Waals surface area contributed by atoms with Crippen LogP contribution in [0, 0.1) is 0 Å². The van der Waals surface area contributed by atoms with Crippen LogP contribution in [0.1, 0.15) is 24.8 Å². The Morgan fingerprint density at radius 2 is 1.81 bits per heavy atom. The van der Waals surface area contributed by atoms with Gasteiger partial charge in [-0.25, -0.2) is 12.7 Å². The summed E-state index contributed by atoms with van der Waals surface area (Å²) in [4.78, 5) is 2.04. The molecule has 2 fully saturated rings. The quantitative estimate of drug-likeness (QED) is 0.747. The van der Waals surface area contributed by atoms with Gasteiger partial charge in [0, 0.05) is 26.2 Å². The first kappa shape index (κ1) is 19.4. The van der Waals surface area contributed by atoms with Crippen LogP contribution in [0.15, 0.2) is 24.3 Å². The van der Waals surface area contributed by atoms with Crippen LogP contribution in [0.25, 0.3) is 0 Å². The van der Waals surface area contributed by atoms with E-state index < -0.39 is 21.8 Å². The number of halogens is 3. The Morgan fingerprint density at radius 3 is 2.50 bits per heavy atom. The van der Waals surface area contributed by atoms with Crippen molar-refractivity contribution in [1.29, 1.82) is 0 Å². The molecule has 1 heterocycles. The summed E-state index contributed by atoms with van der Waals surface area (Å²) in [7, 11) is -3.17. The molecule has 146 valence electrons. The summed E-state index contributed by atoms with van der Waals surface area (Å²) in [5.74, 6) is -0.173. The Kier molecular flexibility index (Phi) is 5.78. The van der Waals surface area contributed by atoms with E-state index in [1.807, 2.05) is 4.90 Å². The molecule has 0 unspecified atom stereocenters. The second-order valence-corrected chi connectivity index (χ2v) is 8.89. The highest BCUT2D eigenvalue weighted by Gasteiger charge is 2.40. The number of benzene rings is 1. The molecule has 9 heteroatoms. The van der Waals surface area contributed by atoms with Gasteiger partial charge in [-0.05, 0) is 37.9 Å². The Balaban J connectivity index is 1.50. The first-order valence-corrected chi connectivity index (χ1v) is 10.3. The van der Waals surface area contributed by atoms with Crippen molar-refractivity contribution in [3.63, 3.8) is 0 Å². The van der Waals surface area contributed by atoms with Gasteiger partial charge in [-0.1, -0.05) is 12.1 Å². The number of alkyl halides is 3. The van der Waals surface area contributed by atoms with Gasteiger partial charge >= 0.3 is 6.18 Å². The van der Waals surface area contributed by atoms with Crippen LogP contribution >= 0.6 is 0 Å². The summed E-state index contributed by atoms with van der Waals surface area (Å²) in [5.41, 5.74) is -0.780. The minimum absolute atomic E-state index is 0.127. The standard InChI is InChI=1S/C17H23F3N2O3S/c18-17(19,20)15-4-1-2-5-16(15)25-13-12-21-8-3-9-22(11-10-21)26(23,24)14-6-7-14/h1-2,4-5,14H,3,6-13H2. The molecule has 1 aromatic carbocycles. The highest BCUT2D eigenvalue weighted by molar-refractivity contribution is 7.90. The molecule has 0 bridgehead atoms. The second kappa shape index (κ2) is 7.74. The molecule has 1 aliphatic carbocycles. The Bertz CT molecular complexity index is 720. The maximum atomic E-state index is 13.0. The number of hydrogen-bond donors (Lipinski definition) is 0. The van der Waals surface area contributed by atoms with Crippen LogP contribution < -0.4 is 4.74 Å². The fraction of sp³-hybridized carbons (Fsp3) is 0.647. The van der Waals surface area contributed by atoms with E-state index in [-0.39, 0.29) is 17.6 Å². The molecule has 5 nitrogen and oxygen atoms in total. The van der Waals surface area contributed by atoms with Gasteiger partial charge in [0.25, 0.3) is 0 Å². The maximum Gasteiger partial charge on any atom is 0.419 e. The molecular weight excluding hydrogens is 369 g/mol. The third-order valence-corrected chi connectivity index (χ3v) is 7.11. The molecule has 0 amide bonds. The number of hydrogen-bond acceptors (Lipinski definition) is 4. The molecule has 0 aromatic heterocycles. The molecule has 1 saturated heterocycles. The summed E-state index contributed by atoms with van der Waals surface area (Å²) < 4.78 is 70.4. The SMILES string of the molecule is O=S(=O)(C1CC1)N1CCCN(CCOc2ccccc2C(F)(F)F)CC1. The maximum absolute atomic E-state index is 13.0. The van der Waals surface area contributed by atoms with Crippen molar-refractivity contribution >= 4 is 10.0 Å². The van der Waals surface area contributed by atoms with Gasteiger partial charge in [-0.2, -0.15) is 13.2 Å². The van der Waals surface area contributed by atoms with Crippen molar-refractivity contribution in [2.24, 2.45) is 0 Å². The molecule has 0 radical (unpaired) electrons. The van der Waals surface area contributed by atoms with Crippen LogP contribution in [0.3, 0.4) is 0 Å². The second-order valence-electron chi connectivity index (χ2n) is 6.68. The zero-order chi connectivity index (χ0) is 18.8. The lowest BCUT2D eigenvalue weighted by Crippen LogP contribution is -2.37. The summed E-state index contributed by atoms with van der Waals surface area (Å²) >= 11 is 0. The van der Waals surface area contributed by atoms with Crippen molar-refractivity contribution in [2.45, 2.75) is 30.7 Å². The van der Waals surface area contributed by atoms with Crippen molar-refractivity contribution in [3.05, 3.63) is 29.8 Å². The first-order chi connectivity index (χ1) is 12.3. The van der Waals surface area contributed by atoms with Crippen LogP contribution in [0.4, 0.5) is 13.2 Å². The largest absolute Gasteiger partial charge is 0.492 e. The average Bonchev–Trinajstić information content (AvgIpc) is 3.42. The number of rotatable bonds is 6. The minimum atomic E-state index is -4.45.